The summed E-state index contributed by atoms with van der Waals surface area (Å²) in [5.74, 6) is 0.643. The summed E-state index contributed by atoms with van der Waals surface area (Å²) in [4.78, 5) is 0. The zero-order valence-corrected chi connectivity index (χ0v) is 8.98. The molecular weight excluding hydrogens is 146 g/mol. The quantitative estimate of drug-likeness (QED) is 0.476. The molecule has 0 radical (unpaired) electrons. The van der Waals surface area contributed by atoms with E-state index in [4.69, 9.17) is 0 Å². The van der Waals surface area contributed by atoms with E-state index in [0.717, 1.165) is 13.0 Å². The molecule has 0 bridgehead atoms. The van der Waals surface area contributed by atoms with Gasteiger partial charge in [0.05, 0.1) is 0 Å². The van der Waals surface area contributed by atoms with Gasteiger partial charge in [0.25, 0.3) is 0 Å². The minimum Gasteiger partial charge on any atom is -0.315 e. The van der Waals surface area contributed by atoms with Gasteiger partial charge in [0.15, 0.2) is 0 Å². The van der Waals surface area contributed by atoms with Crippen LogP contribution in [-0.4, -0.2) is 12.6 Å². The van der Waals surface area contributed by atoms with E-state index in [1.54, 1.807) is 0 Å². The maximum atomic E-state index is 4.04. The van der Waals surface area contributed by atoms with Gasteiger partial charge in [0.1, 0.15) is 0 Å². The average molecular weight is 169 g/mol. The highest BCUT2D eigenvalue weighted by Gasteiger charge is 1.99. The minimum absolute atomic E-state index is 0.609. The molecule has 12 heavy (non-hydrogen) atoms. The molecule has 0 aliphatic rings. The summed E-state index contributed by atoms with van der Waals surface area (Å²) in [6.45, 7) is 13.9. The fraction of sp³-hybridized carbons (Fsp3) is 0.818. The van der Waals surface area contributed by atoms with E-state index in [-0.39, 0.29) is 0 Å². The van der Waals surface area contributed by atoms with Crippen LogP contribution >= 0.6 is 0 Å². The molecule has 0 heterocycles. The Kier molecular flexibility index (Phi) is 6.09. The lowest BCUT2D eigenvalue weighted by molar-refractivity contribution is 0.560. The maximum Gasteiger partial charge on any atom is 0.00103 e. The standard InChI is InChI=1S/C11H23N/c1-9(2)11(5)7-6-8-12-10(3)4/h9-10,12H,5-8H2,1-4H3. The largest absolute Gasteiger partial charge is 0.315 e. The molecule has 0 saturated carbocycles. The highest BCUT2D eigenvalue weighted by molar-refractivity contribution is 4.96. The normalized spacial score (nSPS) is 11.2. The Morgan fingerprint density at radius 1 is 1.25 bits per heavy atom. The molecule has 0 aromatic carbocycles. The van der Waals surface area contributed by atoms with Crippen LogP contribution in [0.5, 0.6) is 0 Å². The van der Waals surface area contributed by atoms with Crippen LogP contribution in [0.15, 0.2) is 12.2 Å². The minimum atomic E-state index is 0.609. The second-order valence-electron chi connectivity index (χ2n) is 4.03. The lowest BCUT2D eigenvalue weighted by Crippen LogP contribution is -2.23. The fourth-order valence-corrected chi connectivity index (χ4v) is 0.995. The third-order valence-corrected chi connectivity index (χ3v) is 2.04. The lowest BCUT2D eigenvalue weighted by atomic mass is 10.0. The molecule has 0 fully saturated rings. The summed E-state index contributed by atoms with van der Waals surface area (Å²) in [5.41, 5.74) is 1.38. The van der Waals surface area contributed by atoms with E-state index in [0.29, 0.717) is 12.0 Å². The van der Waals surface area contributed by atoms with Crippen LogP contribution in [0.3, 0.4) is 0 Å². The molecule has 72 valence electrons. The van der Waals surface area contributed by atoms with Gasteiger partial charge in [-0.25, -0.2) is 0 Å². The van der Waals surface area contributed by atoms with Crippen molar-refractivity contribution in [2.24, 2.45) is 5.92 Å². The first-order chi connectivity index (χ1) is 5.54. The SMILES string of the molecule is C=C(CCCNC(C)C)C(C)C. The highest BCUT2D eigenvalue weighted by atomic mass is 14.9. The summed E-state index contributed by atoms with van der Waals surface area (Å²) in [6, 6.07) is 0.609. The highest BCUT2D eigenvalue weighted by Crippen LogP contribution is 2.12. The number of hydrogen-bond acceptors (Lipinski definition) is 1. The van der Waals surface area contributed by atoms with Crippen molar-refractivity contribution in [3.05, 3.63) is 12.2 Å². The predicted molar refractivity (Wildman–Crippen MR) is 56.4 cm³/mol. The van der Waals surface area contributed by atoms with Gasteiger partial charge in [-0.15, -0.1) is 0 Å². The van der Waals surface area contributed by atoms with Gasteiger partial charge >= 0.3 is 0 Å². The van der Waals surface area contributed by atoms with Crippen molar-refractivity contribution in [1.82, 2.24) is 5.32 Å². The number of hydrogen-bond donors (Lipinski definition) is 1. The lowest BCUT2D eigenvalue weighted by Gasteiger charge is -2.10. The Balaban J connectivity index is 3.26. The van der Waals surface area contributed by atoms with Crippen molar-refractivity contribution in [3.8, 4) is 0 Å². The van der Waals surface area contributed by atoms with E-state index in [1.165, 1.54) is 12.0 Å². The number of nitrogens with one attached hydrogen (secondary N) is 1. The smallest absolute Gasteiger partial charge is 0.00103 e. The van der Waals surface area contributed by atoms with E-state index in [2.05, 4.69) is 39.6 Å². The topological polar surface area (TPSA) is 12.0 Å². The predicted octanol–water partition coefficient (Wildman–Crippen LogP) is 2.98. The third kappa shape index (κ3) is 6.41. The molecule has 0 aromatic rings. The van der Waals surface area contributed by atoms with Crippen LogP contribution < -0.4 is 5.32 Å². The molecule has 0 aliphatic heterocycles. The second-order valence-corrected chi connectivity index (χ2v) is 4.03. The monoisotopic (exact) mass is 169 g/mol. The third-order valence-electron chi connectivity index (χ3n) is 2.04. The molecule has 1 N–H and O–H groups in total. The van der Waals surface area contributed by atoms with Gasteiger partial charge in [0.2, 0.25) is 0 Å². The Bertz CT molecular complexity index is 125. The average Bonchev–Trinajstić information content (AvgIpc) is 1.97. The van der Waals surface area contributed by atoms with E-state index in [1.807, 2.05) is 0 Å². The number of rotatable bonds is 6. The van der Waals surface area contributed by atoms with Crippen LogP contribution in [0, 0.1) is 5.92 Å². The van der Waals surface area contributed by atoms with Gasteiger partial charge in [0, 0.05) is 6.04 Å². The number of allylic oxidation sites excluding steroid dienone is 1. The van der Waals surface area contributed by atoms with Crippen LogP contribution in [0.25, 0.3) is 0 Å². The van der Waals surface area contributed by atoms with Crippen LogP contribution in [0.2, 0.25) is 0 Å². The van der Waals surface area contributed by atoms with Crippen molar-refractivity contribution in [1.29, 1.82) is 0 Å². The molecule has 0 amide bonds. The molecule has 0 rings (SSSR count). The van der Waals surface area contributed by atoms with Crippen LogP contribution in [0.4, 0.5) is 0 Å². The molecular formula is C11H23N. The van der Waals surface area contributed by atoms with Crippen LogP contribution in [-0.2, 0) is 0 Å². The van der Waals surface area contributed by atoms with Crippen molar-refractivity contribution >= 4 is 0 Å². The van der Waals surface area contributed by atoms with Gasteiger partial charge < -0.3 is 5.32 Å². The zero-order valence-electron chi connectivity index (χ0n) is 8.98. The molecule has 0 unspecified atom stereocenters. The maximum absolute atomic E-state index is 4.04. The van der Waals surface area contributed by atoms with Gasteiger partial charge in [-0.1, -0.05) is 39.8 Å². The summed E-state index contributed by atoms with van der Waals surface area (Å²) in [7, 11) is 0. The van der Waals surface area contributed by atoms with Crippen LogP contribution in [0.1, 0.15) is 40.5 Å². The molecule has 0 atom stereocenters. The van der Waals surface area contributed by atoms with E-state index in [9.17, 15) is 0 Å². The summed E-state index contributed by atoms with van der Waals surface area (Å²) < 4.78 is 0. The molecule has 0 aliphatic carbocycles. The fourth-order valence-electron chi connectivity index (χ4n) is 0.995. The Labute approximate surface area is 77.2 Å². The summed E-state index contributed by atoms with van der Waals surface area (Å²) >= 11 is 0. The van der Waals surface area contributed by atoms with Gasteiger partial charge in [-0.3, -0.25) is 0 Å². The summed E-state index contributed by atoms with van der Waals surface area (Å²) in [6.07, 6.45) is 2.38. The van der Waals surface area contributed by atoms with E-state index >= 15 is 0 Å². The van der Waals surface area contributed by atoms with Crippen molar-refractivity contribution in [2.75, 3.05) is 6.54 Å². The zero-order chi connectivity index (χ0) is 9.56. The first-order valence-corrected chi connectivity index (χ1v) is 4.95. The molecule has 1 nitrogen and oxygen atoms in total. The Morgan fingerprint density at radius 2 is 1.83 bits per heavy atom. The van der Waals surface area contributed by atoms with E-state index < -0.39 is 0 Å². The first kappa shape index (κ1) is 11.7. The molecule has 0 saturated heterocycles. The Hall–Kier alpha value is -0.300. The first-order valence-electron chi connectivity index (χ1n) is 4.95. The van der Waals surface area contributed by atoms with Gasteiger partial charge in [-0.2, -0.15) is 0 Å². The van der Waals surface area contributed by atoms with Crippen molar-refractivity contribution in [2.45, 2.75) is 46.6 Å². The molecule has 1 heteroatoms. The molecule has 0 aromatic heterocycles. The van der Waals surface area contributed by atoms with Crippen molar-refractivity contribution in [3.63, 3.8) is 0 Å². The Morgan fingerprint density at radius 3 is 2.25 bits per heavy atom. The van der Waals surface area contributed by atoms with Crippen molar-refractivity contribution < 1.29 is 0 Å². The molecule has 0 spiro atoms. The second kappa shape index (κ2) is 6.24. The van der Waals surface area contributed by atoms with Gasteiger partial charge in [-0.05, 0) is 25.3 Å². The summed E-state index contributed by atoms with van der Waals surface area (Å²) in [5, 5.41) is 3.40.